The standard InChI is InChI=1S/C26H34N4O4/c1-3-33-25-22(18-20-11-7-8-12-23(20)34-25)27-24(31)21(17-19-9-5-4-6-10-19)28-26(32)30-15-13-29(2)14-16-30/h4-12,21-22,25H,3,13-18H2,1-2H3,(H,27,31)(H,28,32)/t21?,22-,25?/m0/s1. The van der Waals surface area contributed by atoms with Crippen LogP contribution >= 0.6 is 0 Å². The highest BCUT2D eigenvalue weighted by atomic mass is 16.7. The third-order valence-electron chi connectivity index (χ3n) is 6.33. The number of para-hydroxylation sites is 1. The van der Waals surface area contributed by atoms with Gasteiger partial charge in [-0.2, -0.15) is 0 Å². The van der Waals surface area contributed by atoms with E-state index >= 15 is 0 Å². The van der Waals surface area contributed by atoms with E-state index in [1.165, 1.54) is 0 Å². The second kappa shape index (κ2) is 11.4. The van der Waals surface area contributed by atoms with E-state index in [9.17, 15) is 9.59 Å². The monoisotopic (exact) mass is 466 g/mol. The Balaban J connectivity index is 1.48. The van der Waals surface area contributed by atoms with Gasteiger partial charge in [-0.05, 0) is 31.2 Å². The van der Waals surface area contributed by atoms with Crippen molar-refractivity contribution < 1.29 is 19.1 Å². The molecule has 0 bridgehead atoms. The van der Waals surface area contributed by atoms with E-state index in [1.807, 2.05) is 68.6 Å². The van der Waals surface area contributed by atoms with Crippen molar-refractivity contribution >= 4 is 11.9 Å². The summed E-state index contributed by atoms with van der Waals surface area (Å²) in [5.74, 6) is 0.527. The van der Waals surface area contributed by atoms with Gasteiger partial charge in [-0.3, -0.25) is 4.79 Å². The molecule has 2 aromatic rings. The number of ether oxygens (including phenoxy) is 2. The number of benzene rings is 2. The van der Waals surface area contributed by atoms with Crippen LogP contribution in [0.25, 0.3) is 0 Å². The fourth-order valence-electron chi connectivity index (χ4n) is 4.35. The first-order chi connectivity index (χ1) is 16.5. The summed E-state index contributed by atoms with van der Waals surface area (Å²) < 4.78 is 11.8. The van der Waals surface area contributed by atoms with E-state index in [0.29, 0.717) is 32.5 Å². The Kier molecular flexibility index (Phi) is 8.03. The second-order valence-electron chi connectivity index (χ2n) is 8.85. The first-order valence-electron chi connectivity index (χ1n) is 12.0. The molecular weight excluding hydrogens is 432 g/mol. The van der Waals surface area contributed by atoms with Crippen LogP contribution in [0.15, 0.2) is 54.6 Å². The van der Waals surface area contributed by atoms with Crippen LogP contribution in [-0.4, -0.2) is 79.9 Å². The van der Waals surface area contributed by atoms with Crippen LogP contribution in [0.4, 0.5) is 4.79 Å². The fourth-order valence-corrected chi connectivity index (χ4v) is 4.35. The summed E-state index contributed by atoms with van der Waals surface area (Å²) in [6.07, 6.45) is 0.404. The average molecular weight is 467 g/mol. The van der Waals surface area contributed by atoms with Gasteiger partial charge in [0.1, 0.15) is 11.8 Å². The SMILES string of the molecule is CCOC1Oc2ccccc2C[C@@H]1NC(=O)C(Cc1ccccc1)NC(=O)N1CCN(C)CC1. The highest BCUT2D eigenvalue weighted by Gasteiger charge is 2.34. The van der Waals surface area contributed by atoms with Gasteiger partial charge in [0, 0.05) is 45.6 Å². The van der Waals surface area contributed by atoms with Crippen molar-refractivity contribution in [1.82, 2.24) is 20.4 Å². The van der Waals surface area contributed by atoms with Gasteiger partial charge in [-0.15, -0.1) is 0 Å². The maximum Gasteiger partial charge on any atom is 0.318 e. The first kappa shape index (κ1) is 24.0. The van der Waals surface area contributed by atoms with Crippen LogP contribution in [-0.2, 0) is 22.4 Å². The normalized spacial score (nSPS) is 21.2. The summed E-state index contributed by atoms with van der Waals surface area (Å²) in [5.41, 5.74) is 2.00. The van der Waals surface area contributed by atoms with Crippen LogP contribution in [0.3, 0.4) is 0 Å². The molecule has 34 heavy (non-hydrogen) atoms. The molecule has 8 nitrogen and oxygen atoms in total. The predicted octanol–water partition coefficient (Wildman–Crippen LogP) is 2.04. The number of hydrogen-bond acceptors (Lipinski definition) is 5. The van der Waals surface area contributed by atoms with Gasteiger partial charge in [0.2, 0.25) is 12.2 Å². The van der Waals surface area contributed by atoms with E-state index in [-0.39, 0.29) is 18.0 Å². The lowest BCUT2D eigenvalue weighted by atomic mass is 10.00. The van der Waals surface area contributed by atoms with Crippen LogP contribution in [0, 0.1) is 0 Å². The van der Waals surface area contributed by atoms with Crippen molar-refractivity contribution in [3.8, 4) is 5.75 Å². The van der Waals surface area contributed by atoms with Crippen LogP contribution in [0.2, 0.25) is 0 Å². The highest BCUT2D eigenvalue weighted by Crippen LogP contribution is 2.28. The summed E-state index contributed by atoms with van der Waals surface area (Å²) in [5, 5.41) is 6.08. The molecule has 2 aliphatic rings. The molecule has 3 amide bonds. The van der Waals surface area contributed by atoms with Crippen LogP contribution in [0.5, 0.6) is 5.75 Å². The number of hydrogen-bond donors (Lipinski definition) is 2. The number of carbonyl (C=O) groups excluding carboxylic acids is 2. The summed E-state index contributed by atoms with van der Waals surface area (Å²) >= 11 is 0. The summed E-state index contributed by atoms with van der Waals surface area (Å²) in [7, 11) is 2.04. The lowest BCUT2D eigenvalue weighted by Crippen LogP contribution is -2.59. The lowest BCUT2D eigenvalue weighted by Gasteiger charge is -2.35. The number of urea groups is 1. The predicted molar refractivity (Wildman–Crippen MR) is 130 cm³/mol. The molecule has 0 saturated carbocycles. The average Bonchev–Trinajstić information content (AvgIpc) is 2.85. The number of carbonyl (C=O) groups is 2. The van der Waals surface area contributed by atoms with Crippen molar-refractivity contribution in [2.75, 3.05) is 39.8 Å². The number of fused-ring (bicyclic) bond motifs is 1. The summed E-state index contributed by atoms with van der Waals surface area (Å²) in [6, 6.07) is 16.2. The molecule has 4 rings (SSSR count). The van der Waals surface area contributed by atoms with Gasteiger partial charge in [0.15, 0.2) is 0 Å². The number of nitrogens with zero attached hydrogens (tertiary/aromatic N) is 2. The maximum absolute atomic E-state index is 13.5. The number of nitrogens with one attached hydrogen (secondary N) is 2. The minimum absolute atomic E-state index is 0.212. The van der Waals surface area contributed by atoms with Gasteiger partial charge in [0.05, 0.1) is 6.04 Å². The minimum Gasteiger partial charge on any atom is -0.462 e. The van der Waals surface area contributed by atoms with E-state index < -0.39 is 12.3 Å². The number of piperazine rings is 1. The van der Waals surface area contributed by atoms with E-state index in [2.05, 4.69) is 15.5 Å². The maximum atomic E-state index is 13.5. The zero-order chi connectivity index (χ0) is 23.9. The lowest BCUT2D eigenvalue weighted by molar-refractivity contribution is -0.133. The zero-order valence-corrected chi connectivity index (χ0v) is 19.9. The molecule has 1 fully saturated rings. The smallest absolute Gasteiger partial charge is 0.318 e. The Hall–Kier alpha value is -3.10. The molecule has 2 heterocycles. The fraction of sp³-hybridized carbons (Fsp3) is 0.462. The van der Waals surface area contributed by atoms with Crippen LogP contribution in [0.1, 0.15) is 18.1 Å². The van der Waals surface area contributed by atoms with Gasteiger partial charge in [-0.25, -0.2) is 4.79 Å². The number of rotatable bonds is 7. The van der Waals surface area contributed by atoms with Crippen molar-refractivity contribution in [3.05, 3.63) is 65.7 Å². The Bertz CT molecular complexity index is 962. The minimum atomic E-state index is -0.714. The van der Waals surface area contributed by atoms with Crippen molar-refractivity contribution in [1.29, 1.82) is 0 Å². The molecular formula is C26H34N4O4. The van der Waals surface area contributed by atoms with Gasteiger partial charge < -0.3 is 29.9 Å². The summed E-state index contributed by atoms with van der Waals surface area (Å²) in [6.45, 7) is 5.28. The Morgan fingerprint density at radius 2 is 1.76 bits per heavy atom. The Labute approximate surface area is 201 Å². The third-order valence-corrected chi connectivity index (χ3v) is 6.33. The van der Waals surface area contributed by atoms with Gasteiger partial charge in [-0.1, -0.05) is 48.5 Å². The molecule has 1 saturated heterocycles. The zero-order valence-electron chi connectivity index (χ0n) is 19.9. The topological polar surface area (TPSA) is 83.1 Å². The molecule has 2 aliphatic heterocycles. The largest absolute Gasteiger partial charge is 0.462 e. The van der Waals surface area contributed by atoms with Gasteiger partial charge >= 0.3 is 6.03 Å². The highest BCUT2D eigenvalue weighted by molar-refractivity contribution is 5.87. The molecule has 2 unspecified atom stereocenters. The number of amides is 3. The Morgan fingerprint density at radius 1 is 1.06 bits per heavy atom. The van der Waals surface area contributed by atoms with E-state index in [4.69, 9.17) is 9.47 Å². The first-order valence-corrected chi connectivity index (χ1v) is 12.0. The van der Waals surface area contributed by atoms with Crippen molar-refractivity contribution in [3.63, 3.8) is 0 Å². The molecule has 3 atom stereocenters. The van der Waals surface area contributed by atoms with E-state index in [0.717, 1.165) is 30.0 Å². The quantitative estimate of drug-likeness (QED) is 0.653. The number of likely N-dealkylation sites (N-methyl/N-ethyl adjacent to an activating group) is 1. The molecule has 8 heteroatoms. The van der Waals surface area contributed by atoms with Crippen molar-refractivity contribution in [2.24, 2.45) is 0 Å². The molecule has 0 aromatic heterocycles. The van der Waals surface area contributed by atoms with E-state index in [1.54, 1.807) is 4.90 Å². The summed E-state index contributed by atoms with van der Waals surface area (Å²) in [4.78, 5) is 30.4. The third kappa shape index (κ3) is 6.07. The molecule has 0 aliphatic carbocycles. The molecule has 182 valence electrons. The molecule has 2 aromatic carbocycles. The van der Waals surface area contributed by atoms with Crippen molar-refractivity contribution in [2.45, 2.75) is 38.1 Å². The second-order valence-corrected chi connectivity index (χ2v) is 8.85. The van der Waals surface area contributed by atoms with Gasteiger partial charge in [0.25, 0.3) is 0 Å². The van der Waals surface area contributed by atoms with Crippen LogP contribution < -0.4 is 15.4 Å². The molecule has 0 spiro atoms. The molecule has 2 N–H and O–H groups in total. The Morgan fingerprint density at radius 3 is 2.50 bits per heavy atom. The molecule has 0 radical (unpaired) electrons.